The lowest BCUT2D eigenvalue weighted by Gasteiger charge is -2.24. The molecule has 0 bridgehead atoms. The maximum Gasteiger partial charge on any atom is 0.311 e. The van der Waals surface area contributed by atoms with Crippen LogP contribution in [-0.2, 0) is 47.7 Å². The van der Waals surface area contributed by atoms with E-state index in [1.807, 2.05) is 27.7 Å². The van der Waals surface area contributed by atoms with Crippen LogP contribution >= 0.6 is 0 Å². The first kappa shape index (κ1) is 111. The highest BCUT2D eigenvalue weighted by molar-refractivity contribution is 5.83. The Kier molecular flexibility index (Phi) is 78.5. The second-order valence-electron chi connectivity index (χ2n) is 36.7. The van der Waals surface area contributed by atoms with E-state index in [2.05, 4.69) is 75.8 Å². The number of amides is 2. The van der Waals surface area contributed by atoms with Crippen LogP contribution in [0.4, 0.5) is 0 Å². The average molecular weight is 1610 g/mol. The Bertz CT molecular complexity index is 1990. The predicted octanol–water partition coefficient (Wildman–Crippen LogP) is 27.6. The lowest BCUT2D eigenvalue weighted by atomic mass is 9.87. The number of nitrogens with zero attached hydrogens (tertiary/aromatic N) is 2. The zero-order valence-corrected chi connectivity index (χ0v) is 78.0. The van der Waals surface area contributed by atoms with Crippen molar-refractivity contribution in [1.82, 2.24) is 20.4 Å². The van der Waals surface area contributed by atoms with Gasteiger partial charge in [0.1, 0.15) is 0 Å². The van der Waals surface area contributed by atoms with Crippen LogP contribution in [0.25, 0.3) is 0 Å². The summed E-state index contributed by atoms with van der Waals surface area (Å²) >= 11 is 0. The summed E-state index contributed by atoms with van der Waals surface area (Å²) in [6.45, 7) is 34.8. The monoisotopic (exact) mass is 1610 g/mol. The van der Waals surface area contributed by atoms with Gasteiger partial charge in [0.15, 0.2) is 0 Å². The van der Waals surface area contributed by atoms with Crippen LogP contribution in [0.15, 0.2) is 0 Å². The first-order valence-corrected chi connectivity index (χ1v) is 50.0. The van der Waals surface area contributed by atoms with Crippen LogP contribution < -0.4 is 10.6 Å². The van der Waals surface area contributed by atoms with Crippen LogP contribution in [0.3, 0.4) is 0 Å². The summed E-state index contributed by atoms with van der Waals surface area (Å²) in [4.78, 5) is 83.7. The van der Waals surface area contributed by atoms with Crippen molar-refractivity contribution in [3.63, 3.8) is 0 Å². The van der Waals surface area contributed by atoms with E-state index in [0.717, 1.165) is 243 Å². The Morgan fingerprint density at radius 2 is 0.465 bits per heavy atom. The molecule has 0 aromatic heterocycles. The van der Waals surface area contributed by atoms with Crippen LogP contribution in [0, 0.1) is 34.5 Å². The standard InChI is InChI=1S/C100H194N4O10/c1-13-21-39-59-89(60-40-22-14-2)67-55-85-111-95(107)71-47-31-29-35-51-79-103(81-53-37-33-49-75-99(9,10)97(109)113-87-57-69-91(63-43-25-17-5)64-44-26-18-6)83-77-101-93(105)73-74-94(106)102-78-84-104(80-52-36-30-32-48-72-96(108)112-86-56-68-90(61-41-23-15-3)62-42-24-16-4)82-54-38-34-50-76-100(11,12)98(110)114-88-58-70-92(65-45-27-19-7)66-46-28-20-8/h89-92H,13-88H2,1-12H3,(H,101,105)(H,102,106). The van der Waals surface area contributed by atoms with E-state index in [-0.39, 0.29) is 48.5 Å². The molecule has 2 amide bonds. The highest BCUT2D eigenvalue weighted by Gasteiger charge is 2.30. The predicted molar refractivity (Wildman–Crippen MR) is 485 cm³/mol. The van der Waals surface area contributed by atoms with Crippen molar-refractivity contribution in [3.8, 4) is 0 Å². The van der Waals surface area contributed by atoms with Gasteiger partial charge in [-0.05, 0) is 180 Å². The largest absolute Gasteiger partial charge is 0.466 e. The van der Waals surface area contributed by atoms with Gasteiger partial charge in [0.05, 0.1) is 37.3 Å². The van der Waals surface area contributed by atoms with Crippen LogP contribution in [0.2, 0.25) is 0 Å². The van der Waals surface area contributed by atoms with Crippen molar-refractivity contribution in [2.24, 2.45) is 34.5 Å². The molecule has 0 aromatic carbocycles. The molecule has 0 aliphatic rings. The Hall–Kier alpha value is -3.26. The second-order valence-corrected chi connectivity index (χ2v) is 36.7. The molecule has 0 saturated carbocycles. The molecule has 0 atom stereocenters. The van der Waals surface area contributed by atoms with Crippen LogP contribution in [-0.4, -0.2) is 124 Å². The number of hydrogen-bond donors (Lipinski definition) is 2. The van der Waals surface area contributed by atoms with Crippen molar-refractivity contribution < 1.29 is 47.7 Å². The molecule has 114 heavy (non-hydrogen) atoms. The van der Waals surface area contributed by atoms with Gasteiger partial charge in [-0.25, -0.2) is 0 Å². The van der Waals surface area contributed by atoms with Crippen molar-refractivity contribution in [2.45, 2.75) is 494 Å². The minimum absolute atomic E-state index is 0.0553. The van der Waals surface area contributed by atoms with Gasteiger partial charge in [0.25, 0.3) is 0 Å². The molecule has 0 spiro atoms. The molecule has 0 fully saturated rings. The van der Waals surface area contributed by atoms with E-state index < -0.39 is 10.8 Å². The molecular formula is C100H194N4O10. The fraction of sp³-hybridized carbons (Fsp3) is 0.940. The SMILES string of the molecule is CCCCCC(CCCCC)CCCOC(=O)CCCCCCCN(CCCCCCC(C)(C)C(=O)OCCCC(CCCCC)CCCCC)CCNC(=O)CCC(=O)NCCN(CCCCCCCC(=O)OCCCC(CCCCC)CCCCC)CCCCCCC(C)(C)C(=O)OCCCC(CCCCC)CCCCC. The summed E-state index contributed by atoms with van der Waals surface area (Å²) in [7, 11) is 0. The number of rotatable bonds is 89. The number of esters is 4. The Morgan fingerprint density at radius 1 is 0.246 bits per heavy atom. The topological polar surface area (TPSA) is 170 Å². The van der Waals surface area contributed by atoms with Gasteiger partial charge < -0.3 is 39.4 Å². The van der Waals surface area contributed by atoms with Gasteiger partial charge in [-0.1, -0.05) is 338 Å². The van der Waals surface area contributed by atoms with Gasteiger partial charge in [-0.2, -0.15) is 0 Å². The zero-order valence-electron chi connectivity index (χ0n) is 78.0. The Labute approximate surface area is 707 Å². The normalized spacial score (nSPS) is 12.1. The molecule has 0 heterocycles. The minimum atomic E-state index is -0.502. The van der Waals surface area contributed by atoms with Gasteiger partial charge >= 0.3 is 23.9 Å². The molecule has 0 aliphatic carbocycles. The molecule has 0 rings (SSSR count). The number of ether oxygens (including phenoxy) is 4. The fourth-order valence-electron chi connectivity index (χ4n) is 16.7. The molecule has 0 radical (unpaired) electrons. The summed E-state index contributed by atoms with van der Waals surface area (Å²) in [6.07, 6.45) is 71.2. The second kappa shape index (κ2) is 80.8. The molecule has 14 heteroatoms. The molecular weight excluding hydrogens is 1420 g/mol. The van der Waals surface area contributed by atoms with E-state index >= 15 is 0 Å². The molecule has 0 aromatic rings. The third kappa shape index (κ3) is 70.6. The molecule has 14 nitrogen and oxygen atoms in total. The molecule has 674 valence electrons. The number of carbonyl (C=O) groups excluding carboxylic acids is 6. The number of nitrogens with one attached hydrogen (secondary N) is 2. The lowest BCUT2D eigenvalue weighted by molar-refractivity contribution is -0.155. The minimum Gasteiger partial charge on any atom is -0.466 e. The van der Waals surface area contributed by atoms with Gasteiger partial charge in [0.2, 0.25) is 11.8 Å². The highest BCUT2D eigenvalue weighted by Crippen LogP contribution is 2.31. The third-order valence-electron chi connectivity index (χ3n) is 24.7. The first-order chi connectivity index (χ1) is 55.3. The molecule has 0 aliphatic heterocycles. The third-order valence-corrected chi connectivity index (χ3v) is 24.7. The van der Waals surface area contributed by atoms with E-state index in [9.17, 15) is 28.8 Å². The molecule has 2 N–H and O–H groups in total. The van der Waals surface area contributed by atoms with Gasteiger partial charge in [0, 0.05) is 51.9 Å². The van der Waals surface area contributed by atoms with Gasteiger partial charge in [-0.3, -0.25) is 28.8 Å². The smallest absolute Gasteiger partial charge is 0.311 e. The van der Waals surface area contributed by atoms with Gasteiger partial charge in [-0.15, -0.1) is 0 Å². The van der Waals surface area contributed by atoms with Crippen molar-refractivity contribution in [3.05, 3.63) is 0 Å². The van der Waals surface area contributed by atoms with E-state index in [4.69, 9.17) is 18.9 Å². The summed E-state index contributed by atoms with van der Waals surface area (Å²) < 4.78 is 23.3. The maximum atomic E-state index is 13.3. The fourth-order valence-corrected chi connectivity index (χ4v) is 16.7. The molecule has 0 unspecified atom stereocenters. The highest BCUT2D eigenvalue weighted by atomic mass is 16.5. The summed E-state index contributed by atoms with van der Waals surface area (Å²) in [5.74, 6) is 2.56. The van der Waals surface area contributed by atoms with Crippen LogP contribution in [0.5, 0.6) is 0 Å². The summed E-state index contributed by atoms with van der Waals surface area (Å²) in [5.41, 5.74) is -1.00. The Morgan fingerprint density at radius 3 is 0.719 bits per heavy atom. The maximum absolute atomic E-state index is 13.3. The summed E-state index contributed by atoms with van der Waals surface area (Å²) in [5, 5.41) is 6.29. The molecule has 0 saturated heterocycles. The van der Waals surface area contributed by atoms with E-state index in [0.29, 0.717) is 52.4 Å². The van der Waals surface area contributed by atoms with E-state index in [1.54, 1.807) is 0 Å². The zero-order chi connectivity index (χ0) is 83.9. The number of hydrogen-bond acceptors (Lipinski definition) is 12. The number of unbranched alkanes of at least 4 members (excludes halogenated alkanes) is 30. The quantitative estimate of drug-likeness (QED) is 0.0336. The van der Waals surface area contributed by atoms with Crippen molar-refractivity contribution in [2.75, 3.05) is 78.8 Å². The van der Waals surface area contributed by atoms with Crippen LogP contribution in [0.1, 0.15) is 494 Å². The summed E-state index contributed by atoms with van der Waals surface area (Å²) in [6, 6.07) is 0. The average Bonchev–Trinajstić information content (AvgIpc) is 0.890. The first-order valence-electron chi connectivity index (χ1n) is 50.0. The lowest BCUT2D eigenvalue weighted by Crippen LogP contribution is -2.37. The van der Waals surface area contributed by atoms with E-state index in [1.165, 1.54) is 205 Å². The Balaban J connectivity index is 5.56. The van der Waals surface area contributed by atoms with Crippen molar-refractivity contribution in [1.29, 1.82) is 0 Å². The van der Waals surface area contributed by atoms with Crippen molar-refractivity contribution >= 4 is 35.7 Å². The number of carbonyl (C=O) groups is 6.